The number of aromatic nitrogens is 2. The second-order valence-electron chi connectivity index (χ2n) is 4.23. The first kappa shape index (κ1) is 13.3. The summed E-state index contributed by atoms with van der Waals surface area (Å²) in [5.41, 5.74) is 8.35. The first-order chi connectivity index (χ1) is 9.61. The van der Waals surface area contributed by atoms with E-state index in [0.717, 1.165) is 21.2 Å². The second-order valence-corrected chi connectivity index (χ2v) is 5.55. The molecule has 2 N–H and O–H groups in total. The van der Waals surface area contributed by atoms with Gasteiger partial charge in [-0.2, -0.15) is 0 Å². The van der Waals surface area contributed by atoms with Crippen molar-refractivity contribution in [3.8, 4) is 11.4 Å². The van der Waals surface area contributed by atoms with Crippen molar-refractivity contribution >= 4 is 44.5 Å². The summed E-state index contributed by atoms with van der Waals surface area (Å²) in [5, 5.41) is 0.591. The molecule has 0 unspecified atom stereocenters. The summed E-state index contributed by atoms with van der Waals surface area (Å²) in [7, 11) is 1.61. The number of para-hydroxylation sites is 1. The van der Waals surface area contributed by atoms with Gasteiger partial charge in [0.15, 0.2) is 0 Å². The van der Waals surface area contributed by atoms with E-state index in [1.54, 1.807) is 11.7 Å². The number of hydrogen-bond acceptors (Lipinski definition) is 3. The molecule has 0 amide bonds. The Hall–Kier alpha value is -1.72. The number of rotatable bonds is 2. The molecule has 1 heterocycles. The lowest BCUT2D eigenvalue weighted by molar-refractivity contribution is 0.413. The zero-order valence-electron chi connectivity index (χ0n) is 10.6. The Labute approximate surface area is 129 Å². The average Bonchev–Trinajstić information content (AvgIpc) is 2.76. The van der Waals surface area contributed by atoms with Gasteiger partial charge in [-0.05, 0) is 30.3 Å². The summed E-state index contributed by atoms with van der Waals surface area (Å²) in [6.07, 6.45) is 0. The first-order valence-corrected chi connectivity index (χ1v) is 7.05. The van der Waals surface area contributed by atoms with Crippen LogP contribution in [0.2, 0.25) is 5.02 Å². The molecule has 2 aromatic carbocycles. The number of ether oxygens (including phenoxy) is 1. The van der Waals surface area contributed by atoms with E-state index in [-0.39, 0.29) is 0 Å². The van der Waals surface area contributed by atoms with Crippen LogP contribution in [-0.4, -0.2) is 16.7 Å². The SMILES string of the molecule is COc1ccc(Br)cc1-n1c(N)nc2cccc(Cl)c21. The third-order valence-electron chi connectivity index (χ3n) is 3.03. The third kappa shape index (κ3) is 2.03. The number of benzene rings is 2. The van der Waals surface area contributed by atoms with Crippen LogP contribution in [0.15, 0.2) is 40.9 Å². The molecule has 1 aromatic heterocycles. The van der Waals surface area contributed by atoms with Gasteiger partial charge in [-0.25, -0.2) is 4.98 Å². The highest BCUT2D eigenvalue weighted by molar-refractivity contribution is 9.10. The Kier molecular flexibility index (Phi) is 3.31. The van der Waals surface area contributed by atoms with E-state index in [2.05, 4.69) is 20.9 Å². The highest BCUT2D eigenvalue weighted by atomic mass is 79.9. The van der Waals surface area contributed by atoms with Crippen molar-refractivity contribution in [3.05, 3.63) is 45.9 Å². The van der Waals surface area contributed by atoms with Crippen LogP contribution in [0.25, 0.3) is 16.7 Å². The zero-order valence-corrected chi connectivity index (χ0v) is 12.9. The molecule has 6 heteroatoms. The van der Waals surface area contributed by atoms with Crippen LogP contribution < -0.4 is 10.5 Å². The average molecular weight is 353 g/mol. The minimum atomic E-state index is 0.365. The molecule has 4 nitrogen and oxygen atoms in total. The van der Waals surface area contributed by atoms with Gasteiger partial charge in [0.2, 0.25) is 5.95 Å². The Morgan fingerprint density at radius 1 is 1.30 bits per heavy atom. The molecule has 0 radical (unpaired) electrons. The van der Waals surface area contributed by atoms with Gasteiger partial charge in [0, 0.05) is 4.47 Å². The topological polar surface area (TPSA) is 53.1 Å². The van der Waals surface area contributed by atoms with E-state index in [4.69, 9.17) is 22.1 Å². The maximum Gasteiger partial charge on any atom is 0.206 e. The number of nitrogens with zero attached hydrogens (tertiary/aromatic N) is 2. The molecule has 0 spiro atoms. The summed E-state index contributed by atoms with van der Waals surface area (Å²) >= 11 is 9.75. The number of hydrogen-bond donors (Lipinski definition) is 1. The Morgan fingerprint density at radius 3 is 2.85 bits per heavy atom. The molecule has 0 fully saturated rings. The van der Waals surface area contributed by atoms with Gasteiger partial charge in [-0.3, -0.25) is 4.57 Å². The van der Waals surface area contributed by atoms with Crippen molar-refractivity contribution < 1.29 is 4.74 Å². The number of imidazole rings is 1. The van der Waals surface area contributed by atoms with E-state index in [9.17, 15) is 0 Å². The van der Waals surface area contributed by atoms with Gasteiger partial charge < -0.3 is 10.5 Å². The molecule has 0 saturated heterocycles. The maximum atomic E-state index is 6.29. The molecule has 3 rings (SSSR count). The van der Waals surface area contributed by atoms with Crippen molar-refractivity contribution in [1.82, 2.24) is 9.55 Å². The van der Waals surface area contributed by atoms with Crippen LogP contribution in [0.3, 0.4) is 0 Å². The van der Waals surface area contributed by atoms with Crippen LogP contribution in [0, 0.1) is 0 Å². The second kappa shape index (κ2) is 5.00. The van der Waals surface area contributed by atoms with Gasteiger partial charge in [0.1, 0.15) is 5.75 Å². The van der Waals surface area contributed by atoms with Crippen LogP contribution in [0.1, 0.15) is 0 Å². The Balaban J connectivity index is 2.40. The Morgan fingerprint density at radius 2 is 2.10 bits per heavy atom. The molecule has 0 aliphatic heterocycles. The van der Waals surface area contributed by atoms with Gasteiger partial charge >= 0.3 is 0 Å². The molecule has 0 aliphatic carbocycles. The highest BCUT2D eigenvalue weighted by Crippen LogP contribution is 2.34. The number of nitrogen functional groups attached to an aromatic ring is 1. The minimum Gasteiger partial charge on any atom is -0.495 e. The highest BCUT2D eigenvalue weighted by Gasteiger charge is 2.16. The fourth-order valence-electron chi connectivity index (χ4n) is 2.19. The summed E-state index contributed by atoms with van der Waals surface area (Å²) in [4.78, 5) is 4.34. The number of anilines is 1. The van der Waals surface area contributed by atoms with Crippen LogP contribution >= 0.6 is 27.5 Å². The molecule has 0 saturated carbocycles. The zero-order chi connectivity index (χ0) is 14.3. The summed E-state index contributed by atoms with van der Waals surface area (Å²) in [6.45, 7) is 0. The number of nitrogens with two attached hydrogens (primary N) is 1. The van der Waals surface area contributed by atoms with Gasteiger partial charge in [-0.15, -0.1) is 0 Å². The molecule has 102 valence electrons. The third-order valence-corrected chi connectivity index (χ3v) is 3.83. The normalized spacial score (nSPS) is 10.9. The van der Waals surface area contributed by atoms with Crippen molar-refractivity contribution in [3.63, 3.8) is 0 Å². The monoisotopic (exact) mass is 351 g/mol. The van der Waals surface area contributed by atoms with Crippen LogP contribution in [-0.2, 0) is 0 Å². The summed E-state index contributed by atoms with van der Waals surface area (Å²) < 4.78 is 8.11. The van der Waals surface area contributed by atoms with Gasteiger partial charge in [-0.1, -0.05) is 33.6 Å². The van der Waals surface area contributed by atoms with Crippen molar-refractivity contribution in [2.45, 2.75) is 0 Å². The quantitative estimate of drug-likeness (QED) is 0.757. The molecule has 0 aliphatic rings. The standard InChI is InChI=1S/C14H11BrClN3O/c1-20-12-6-5-8(15)7-11(12)19-13-9(16)3-2-4-10(13)18-14(19)17/h2-7H,1H3,(H2,17,18). The van der Waals surface area contributed by atoms with Crippen molar-refractivity contribution in [2.75, 3.05) is 12.8 Å². The molecular formula is C14H11BrClN3O. The van der Waals surface area contributed by atoms with Gasteiger partial charge in [0.05, 0.1) is 28.9 Å². The number of methoxy groups -OCH3 is 1. The summed E-state index contributed by atoms with van der Waals surface area (Å²) in [5.74, 6) is 1.06. The van der Waals surface area contributed by atoms with Crippen LogP contribution in [0.4, 0.5) is 5.95 Å². The molecule has 20 heavy (non-hydrogen) atoms. The molecule has 3 aromatic rings. The van der Waals surface area contributed by atoms with Crippen molar-refractivity contribution in [1.29, 1.82) is 0 Å². The lowest BCUT2D eigenvalue weighted by atomic mass is 10.2. The molecule has 0 bridgehead atoms. The smallest absolute Gasteiger partial charge is 0.206 e. The molecular weight excluding hydrogens is 342 g/mol. The number of halogens is 2. The maximum absolute atomic E-state index is 6.29. The first-order valence-electron chi connectivity index (χ1n) is 5.88. The van der Waals surface area contributed by atoms with E-state index < -0.39 is 0 Å². The minimum absolute atomic E-state index is 0.365. The van der Waals surface area contributed by atoms with Gasteiger partial charge in [0.25, 0.3) is 0 Å². The lowest BCUT2D eigenvalue weighted by Gasteiger charge is -2.12. The van der Waals surface area contributed by atoms with E-state index in [1.807, 2.05) is 36.4 Å². The molecule has 0 atom stereocenters. The van der Waals surface area contributed by atoms with E-state index >= 15 is 0 Å². The Bertz CT molecular complexity index is 800. The fraction of sp³-hybridized carbons (Fsp3) is 0.0714. The number of fused-ring (bicyclic) bond motifs is 1. The predicted molar refractivity (Wildman–Crippen MR) is 84.7 cm³/mol. The van der Waals surface area contributed by atoms with E-state index in [1.165, 1.54) is 0 Å². The predicted octanol–water partition coefficient (Wildman–Crippen LogP) is 4.03. The van der Waals surface area contributed by atoms with Crippen molar-refractivity contribution in [2.24, 2.45) is 0 Å². The van der Waals surface area contributed by atoms with Crippen LogP contribution in [0.5, 0.6) is 5.75 Å². The summed E-state index contributed by atoms with van der Waals surface area (Å²) in [6, 6.07) is 11.2. The lowest BCUT2D eigenvalue weighted by Crippen LogP contribution is -2.03. The fourth-order valence-corrected chi connectivity index (χ4v) is 2.79. The van der Waals surface area contributed by atoms with E-state index in [0.29, 0.717) is 16.7 Å². The largest absolute Gasteiger partial charge is 0.495 e.